The Morgan fingerprint density at radius 3 is 2.63 bits per heavy atom. The van der Waals surface area contributed by atoms with Gasteiger partial charge in [0.2, 0.25) is 0 Å². The van der Waals surface area contributed by atoms with Gasteiger partial charge in [0.1, 0.15) is 11.3 Å². The lowest BCUT2D eigenvalue weighted by molar-refractivity contribution is 0.0696. The number of anilines is 1. The van der Waals surface area contributed by atoms with Crippen molar-refractivity contribution in [2.24, 2.45) is 0 Å². The molecular formula is C20H19NO5S. The lowest BCUT2D eigenvalue weighted by atomic mass is 9.87. The zero-order chi connectivity index (χ0) is 19.2. The van der Waals surface area contributed by atoms with Crippen LogP contribution in [-0.4, -0.2) is 19.5 Å². The van der Waals surface area contributed by atoms with Crippen molar-refractivity contribution in [2.45, 2.75) is 37.0 Å². The monoisotopic (exact) mass is 385 g/mol. The molecule has 0 aliphatic heterocycles. The first kappa shape index (κ1) is 17.6. The van der Waals surface area contributed by atoms with Crippen molar-refractivity contribution in [3.63, 3.8) is 0 Å². The van der Waals surface area contributed by atoms with Crippen LogP contribution in [0.25, 0.3) is 11.0 Å². The molecule has 7 heteroatoms. The van der Waals surface area contributed by atoms with Gasteiger partial charge in [-0.2, -0.15) is 0 Å². The smallest absolute Gasteiger partial charge is 0.335 e. The Morgan fingerprint density at radius 1 is 1.19 bits per heavy atom. The minimum absolute atomic E-state index is 0.00943. The number of aryl methyl sites for hydroxylation is 1. The maximum Gasteiger partial charge on any atom is 0.335 e. The van der Waals surface area contributed by atoms with E-state index in [1.54, 1.807) is 12.1 Å². The van der Waals surface area contributed by atoms with E-state index in [9.17, 15) is 13.2 Å². The second-order valence-electron chi connectivity index (χ2n) is 6.88. The summed E-state index contributed by atoms with van der Waals surface area (Å²) in [5.74, 6) is 0.273. The standard InChI is InChI=1S/C20H19NO5S/c1-12-3-2-4-18-19(12)16-11-14(7-10-17(16)26-18)21-27(24,25)15-8-5-13(6-9-15)20(22)23/h5-12,21H,2-4H2,1H3,(H,22,23)/t12-/m1/s1. The summed E-state index contributed by atoms with van der Waals surface area (Å²) >= 11 is 0. The third-order valence-corrected chi connectivity index (χ3v) is 6.40. The van der Waals surface area contributed by atoms with Gasteiger partial charge in [0.05, 0.1) is 10.5 Å². The van der Waals surface area contributed by atoms with Crippen LogP contribution in [0.1, 0.15) is 47.4 Å². The highest BCUT2D eigenvalue weighted by Gasteiger charge is 2.24. The molecule has 2 N–H and O–H groups in total. The third kappa shape index (κ3) is 3.19. The van der Waals surface area contributed by atoms with Gasteiger partial charge in [0.15, 0.2) is 0 Å². The second-order valence-corrected chi connectivity index (χ2v) is 8.56. The van der Waals surface area contributed by atoms with E-state index in [2.05, 4.69) is 11.6 Å². The van der Waals surface area contributed by atoms with E-state index in [4.69, 9.17) is 9.52 Å². The quantitative estimate of drug-likeness (QED) is 0.695. The van der Waals surface area contributed by atoms with Crippen molar-refractivity contribution in [1.29, 1.82) is 0 Å². The fourth-order valence-electron chi connectivity index (χ4n) is 3.66. The molecule has 4 rings (SSSR count). The second kappa shape index (κ2) is 6.42. The molecule has 0 bridgehead atoms. The highest BCUT2D eigenvalue weighted by atomic mass is 32.2. The normalized spacial score (nSPS) is 16.9. The first-order chi connectivity index (χ1) is 12.8. The van der Waals surface area contributed by atoms with Crippen LogP contribution in [0.4, 0.5) is 5.69 Å². The van der Waals surface area contributed by atoms with Crippen LogP contribution < -0.4 is 4.72 Å². The Bertz CT molecular complexity index is 1130. The van der Waals surface area contributed by atoms with Crippen molar-refractivity contribution in [3.8, 4) is 0 Å². The van der Waals surface area contributed by atoms with Gasteiger partial charge in [-0.1, -0.05) is 6.92 Å². The largest absolute Gasteiger partial charge is 0.478 e. The molecule has 1 heterocycles. The maximum absolute atomic E-state index is 12.6. The van der Waals surface area contributed by atoms with Crippen LogP contribution in [0.3, 0.4) is 0 Å². The van der Waals surface area contributed by atoms with Gasteiger partial charge < -0.3 is 9.52 Å². The predicted molar refractivity (Wildman–Crippen MR) is 102 cm³/mol. The lowest BCUT2D eigenvalue weighted by Gasteiger charge is -2.17. The molecule has 1 atom stereocenters. The zero-order valence-corrected chi connectivity index (χ0v) is 15.5. The molecule has 140 valence electrons. The molecule has 0 saturated heterocycles. The van der Waals surface area contributed by atoms with Gasteiger partial charge in [-0.25, -0.2) is 13.2 Å². The van der Waals surface area contributed by atoms with Crippen LogP contribution in [0.5, 0.6) is 0 Å². The van der Waals surface area contributed by atoms with Crippen molar-refractivity contribution in [3.05, 3.63) is 59.4 Å². The molecule has 1 aliphatic rings. The van der Waals surface area contributed by atoms with E-state index in [0.29, 0.717) is 11.6 Å². The molecule has 27 heavy (non-hydrogen) atoms. The molecule has 0 amide bonds. The van der Waals surface area contributed by atoms with Crippen LogP contribution in [0.15, 0.2) is 51.8 Å². The van der Waals surface area contributed by atoms with E-state index in [1.807, 2.05) is 6.07 Å². The van der Waals surface area contributed by atoms with E-state index in [1.165, 1.54) is 29.8 Å². The molecule has 0 saturated carbocycles. The number of aromatic carboxylic acids is 1. The lowest BCUT2D eigenvalue weighted by Crippen LogP contribution is -2.13. The summed E-state index contributed by atoms with van der Waals surface area (Å²) in [6.45, 7) is 2.16. The van der Waals surface area contributed by atoms with E-state index < -0.39 is 16.0 Å². The van der Waals surface area contributed by atoms with Crippen LogP contribution in [0, 0.1) is 0 Å². The maximum atomic E-state index is 12.6. The number of carboxylic acids is 1. The first-order valence-corrected chi connectivity index (χ1v) is 10.2. The molecule has 0 unspecified atom stereocenters. The number of hydrogen-bond donors (Lipinski definition) is 2. The van der Waals surface area contributed by atoms with Crippen molar-refractivity contribution in [2.75, 3.05) is 4.72 Å². The molecular weight excluding hydrogens is 366 g/mol. The number of benzene rings is 2. The van der Waals surface area contributed by atoms with Gasteiger partial charge in [-0.15, -0.1) is 0 Å². The van der Waals surface area contributed by atoms with Crippen molar-refractivity contribution >= 4 is 32.6 Å². The number of sulfonamides is 1. The summed E-state index contributed by atoms with van der Waals surface area (Å²) in [7, 11) is -3.82. The minimum atomic E-state index is -3.82. The van der Waals surface area contributed by atoms with E-state index in [0.717, 1.165) is 36.0 Å². The Hall–Kier alpha value is -2.80. The molecule has 1 aliphatic carbocycles. The van der Waals surface area contributed by atoms with Gasteiger partial charge in [-0.05, 0) is 61.2 Å². The van der Waals surface area contributed by atoms with Gasteiger partial charge in [-0.3, -0.25) is 4.72 Å². The van der Waals surface area contributed by atoms with Gasteiger partial charge in [0, 0.05) is 23.1 Å². The summed E-state index contributed by atoms with van der Waals surface area (Å²) in [5, 5.41) is 9.88. The van der Waals surface area contributed by atoms with Crippen LogP contribution >= 0.6 is 0 Å². The van der Waals surface area contributed by atoms with E-state index >= 15 is 0 Å². The predicted octanol–water partition coefficient (Wildman–Crippen LogP) is 4.37. The summed E-state index contributed by atoms with van der Waals surface area (Å²) in [4.78, 5) is 10.9. The van der Waals surface area contributed by atoms with Crippen molar-refractivity contribution < 1.29 is 22.7 Å². The number of nitrogens with one attached hydrogen (secondary N) is 1. The van der Waals surface area contributed by atoms with Gasteiger partial charge in [0.25, 0.3) is 10.0 Å². The summed E-state index contributed by atoms with van der Waals surface area (Å²) in [6.07, 6.45) is 3.10. The first-order valence-electron chi connectivity index (χ1n) is 8.76. The number of furan rings is 1. The van der Waals surface area contributed by atoms with Crippen molar-refractivity contribution in [1.82, 2.24) is 0 Å². The molecule has 0 spiro atoms. The SMILES string of the molecule is C[C@@H]1CCCc2oc3ccc(NS(=O)(=O)c4ccc(C(=O)O)cc4)cc3c21. The molecule has 6 nitrogen and oxygen atoms in total. The number of carbonyl (C=O) groups is 1. The third-order valence-electron chi connectivity index (χ3n) is 5.00. The Balaban J connectivity index is 1.68. The number of hydrogen-bond acceptors (Lipinski definition) is 4. The Kier molecular flexibility index (Phi) is 4.19. The average molecular weight is 385 g/mol. The molecule has 1 aromatic heterocycles. The van der Waals surface area contributed by atoms with Crippen LogP contribution in [0.2, 0.25) is 0 Å². The summed E-state index contributed by atoms with van der Waals surface area (Å²) < 4.78 is 33.8. The average Bonchev–Trinajstić information content (AvgIpc) is 3.00. The summed E-state index contributed by atoms with van der Waals surface area (Å²) in [6, 6.07) is 10.4. The molecule has 0 fully saturated rings. The fraction of sp³-hybridized carbons (Fsp3) is 0.250. The topological polar surface area (TPSA) is 96.6 Å². The highest BCUT2D eigenvalue weighted by Crippen LogP contribution is 2.39. The molecule has 0 radical (unpaired) electrons. The van der Waals surface area contributed by atoms with E-state index in [-0.39, 0.29) is 10.5 Å². The zero-order valence-electron chi connectivity index (χ0n) is 14.7. The number of carboxylic acid groups (broad SMARTS) is 1. The highest BCUT2D eigenvalue weighted by molar-refractivity contribution is 7.92. The summed E-state index contributed by atoms with van der Waals surface area (Å²) in [5.41, 5.74) is 2.42. The number of fused-ring (bicyclic) bond motifs is 3. The molecule has 3 aromatic rings. The minimum Gasteiger partial charge on any atom is -0.478 e. The molecule has 2 aromatic carbocycles. The Labute approximate surface area is 156 Å². The van der Waals surface area contributed by atoms with Gasteiger partial charge >= 0.3 is 5.97 Å². The van der Waals surface area contributed by atoms with Crippen LogP contribution in [-0.2, 0) is 16.4 Å². The fourth-order valence-corrected chi connectivity index (χ4v) is 4.71. The number of rotatable bonds is 4. The Morgan fingerprint density at radius 2 is 1.93 bits per heavy atom.